The number of rotatable bonds is 4. The van der Waals surface area contributed by atoms with E-state index in [0.29, 0.717) is 11.8 Å². The van der Waals surface area contributed by atoms with E-state index < -0.39 is 0 Å². The summed E-state index contributed by atoms with van der Waals surface area (Å²) in [6.45, 7) is 9.05. The number of fused-ring (bicyclic) bond motifs is 2. The zero-order chi connectivity index (χ0) is 12.7. The fourth-order valence-corrected chi connectivity index (χ4v) is 4.67. The Labute approximate surface area is 111 Å². The van der Waals surface area contributed by atoms with Gasteiger partial charge in [-0.1, -0.05) is 6.92 Å². The number of hydrogen-bond donors (Lipinski definition) is 0. The molecule has 0 amide bonds. The molecule has 4 saturated heterocycles. The van der Waals surface area contributed by atoms with Crippen molar-refractivity contribution in [3.05, 3.63) is 0 Å². The van der Waals surface area contributed by atoms with Gasteiger partial charge in [0.15, 0.2) is 0 Å². The molecule has 0 radical (unpaired) electrons. The van der Waals surface area contributed by atoms with Crippen LogP contribution in [-0.2, 0) is 4.79 Å². The van der Waals surface area contributed by atoms with E-state index >= 15 is 0 Å². The van der Waals surface area contributed by atoms with Crippen molar-refractivity contribution >= 4 is 5.78 Å². The van der Waals surface area contributed by atoms with Gasteiger partial charge in [-0.3, -0.25) is 9.80 Å². The van der Waals surface area contributed by atoms with E-state index in [4.69, 9.17) is 0 Å². The molecule has 102 valence electrons. The van der Waals surface area contributed by atoms with Crippen LogP contribution in [0.25, 0.3) is 0 Å². The van der Waals surface area contributed by atoms with Crippen molar-refractivity contribution in [1.29, 1.82) is 0 Å². The summed E-state index contributed by atoms with van der Waals surface area (Å²) in [5.74, 6) is 2.21. The van der Waals surface area contributed by atoms with Crippen molar-refractivity contribution < 1.29 is 4.79 Å². The molecular weight excluding hydrogens is 224 g/mol. The van der Waals surface area contributed by atoms with Gasteiger partial charge in [-0.05, 0) is 57.7 Å². The van der Waals surface area contributed by atoms with Crippen molar-refractivity contribution in [3.63, 3.8) is 0 Å². The number of ketones is 1. The molecule has 0 aromatic heterocycles. The smallest absolute Gasteiger partial charge is 0.129 e. The molecule has 4 aliphatic heterocycles. The first-order valence-corrected chi connectivity index (χ1v) is 7.68. The molecular formula is C15H26N2O. The lowest BCUT2D eigenvalue weighted by Gasteiger charge is -2.49. The van der Waals surface area contributed by atoms with Gasteiger partial charge in [0.05, 0.1) is 0 Å². The van der Waals surface area contributed by atoms with Crippen LogP contribution in [-0.4, -0.2) is 53.8 Å². The van der Waals surface area contributed by atoms with Gasteiger partial charge in [0, 0.05) is 25.0 Å². The van der Waals surface area contributed by atoms with E-state index in [2.05, 4.69) is 16.7 Å². The summed E-state index contributed by atoms with van der Waals surface area (Å²) in [4.78, 5) is 16.7. The molecule has 3 atom stereocenters. The lowest BCUT2D eigenvalue weighted by molar-refractivity contribution is -0.117. The van der Waals surface area contributed by atoms with Gasteiger partial charge < -0.3 is 4.79 Å². The highest BCUT2D eigenvalue weighted by Crippen LogP contribution is 2.44. The van der Waals surface area contributed by atoms with Crippen LogP contribution in [0.15, 0.2) is 0 Å². The summed E-state index contributed by atoms with van der Waals surface area (Å²) < 4.78 is 0. The van der Waals surface area contributed by atoms with E-state index in [0.717, 1.165) is 37.3 Å². The maximum Gasteiger partial charge on any atom is 0.129 e. The molecule has 0 aromatic rings. The van der Waals surface area contributed by atoms with Crippen molar-refractivity contribution in [2.45, 2.75) is 51.6 Å². The van der Waals surface area contributed by atoms with E-state index in [-0.39, 0.29) is 0 Å². The number of nitrogens with zero attached hydrogens (tertiary/aromatic N) is 2. The molecule has 4 aliphatic rings. The molecule has 2 bridgehead atoms. The molecule has 4 fully saturated rings. The first kappa shape index (κ1) is 12.6. The Bertz CT molecular complexity index is 322. The minimum atomic E-state index is 0.352. The monoisotopic (exact) mass is 250 g/mol. The number of likely N-dealkylation sites (N-methyl/N-ethyl adjacent to an activating group) is 1. The molecule has 0 spiro atoms. The Morgan fingerprint density at radius 1 is 1.28 bits per heavy atom. The van der Waals surface area contributed by atoms with E-state index in [9.17, 15) is 4.79 Å². The van der Waals surface area contributed by atoms with Gasteiger partial charge in [-0.25, -0.2) is 0 Å². The Balaban J connectivity index is 1.75. The fraction of sp³-hybridized carbons (Fsp3) is 0.933. The van der Waals surface area contributed by atoms with Crippen LogP contribution >= 0.6 is 0 Å². The van der Waals surface area contributed by atoms with Gasteiger partial charge in [-0.2, -0.15) is 0 Å². The van der Waals surface area contributed by atoms with E-state index in [1.54, 1.807) is 6.92 Å². The Hall–Kier alpha value is -0.410. The van der Waals surface area contributed by atoms with Crippen LogP contribution < -0.4 is 0 Å². The summed E-state index contributed by atoms with van der Waals surface area (Å²) in [5, 5.41) is 0. The molecule has 4 heterocycles. The van der Waals surface area contributed by atoms with Crippen LogP contribution in [0.1, 0.15) is 39.5 Å². The van der Waals surface area contributed by atoms with Gasteiger partial charge >= 0.3 is 0 Å². The topological polar surface area (TPSA) is 23.6 Å². The number of carbonyl (C=O) groups is 1. The third kappa shape index (κ3) is 2.01. The molecule has 0 aromatic carbocycles. The largest absolute Gasteiger partial charge is 0.300 e. The second-order valence-electron chi connectivity index (χ2n) is 6.42. The highest BCUT2D eigenvalue weighted by Gasteiger charge is 2.51. The van der Waals surface area contributed by atoms with Crippen molar-refractivity contribution in [3.8, 4) is 0 Å². The number of likely N-dealkylation sites (tertiary alicyclic amines) is 1. The highest BCUT2D eigenvalue weighted by atomic mass is 16.1. The molecule has 3 unspecified atom stereocenters. The standard InChI is InChI=1S/C15H26N2O/c1-3-16-10-13-12-6-8-17(9-7-12)15(13)14(16)5-4-11(2)18/h12-15H,3-10H2,1-2H3. The second kappa shape index (κ2) is 4.93. The van der Waals surface area contributed by atoms with Crippen LogP contribution in [0.4, 0.5) is 0 Å². The molecule has 0 saturated carbocycles. The Morgan fingerprint density at radius 2 is 2.00 bits per heavy atom. The van der Waals surface area contributed by atoms with Crippen LogP contribution in [0.2, 0.25) is 0 Å². The number of piperidine rings is 3. The first-order valence-electron chi connectivity index (χ1n) is 7.68. The number of carbonyl (C=O) groups excluding carboxylic acids is 1. The fourth-order valence-electron chi connectivity index (χ4n) is 4.67. The van der Waals surface area contributed by atoms with Crippen LogP contribution in [0, 0.1) is 11.8 Å². The number of hydrogen-bond acceptors (Lipinski definition) is 3. The van der Waals surface area contributed by atoms with Crippen molar-refractivity contribution in [1.82, 2.24) is 9.80 Å². The third-order valence-corrected chi connectivity index (χ3v) is 5.55. The summed E-state index contributed by atoms with van der Waals surface area (Å²) in [6, 6.07) is 1.41. The zero-order valence-corrected chi connectivity index (χ0v) is 11.8. The van der Waals surface area contributed by atoms with Gasteiger partial charge in [-0.15, -0.1) is 0 Å². The average Bonchev–Trinajstić information content (AvgIpc) is 2.78. The molecule has 3 nitrogen and oxygen atoms in total. The summed E-state index contributed by atoms with van der Waals surface area (Å²) >= 11 is 0. The molecule has 4 rings (SSSR count). The maximum atomic E-state index is 11.3. The van der Waals surface area contributed by atoms with Gasteiger partial charge in [0.1, 0.15) is 5.78 Å². The quantitative estimate of drug-likeness (QED) is 0.760. The third-order valence-electron chi connectivity index (χ3n) is 5.55. The van der Waals surface area contributed by atoms with Crippen LogP contribution in [0.5, 0.6) is 0 Å². The average molecular weight is 250 g/mol. The predicted octanol–water partition coefficient (Wildman–Crippen LogP) is 1.77. The van der Waals surface area contributed by atoms with E-state index in [1.807, 2.05) is 0 Å². The SMILES string of the molecule is CCN1CC2C3CCN(CC3)C2C1CCC(C)=O. The summed E-state index contributed by atoms with van der Waals surface area (Å²) in [7, 11) is 0. The summed E-state index contributed by atoms with van der Waals surface area (Å²) in [6.07, 6.45) is 4.67. The number of Topliss-reactive ketones (excluding diaryl/α,β-unsaturated/α-hetero) is 1. The lowest BCUT2D eigenvalue weighted by atomic mass is 9.73. The minimum Gasteiger partial charge on any atom is -0.300 e. The highest BCUT2D eigenvalue weighted by molar-refractivity contribution is 5.75. The van der Waals surface area contributed by atoms with Crippen molar-refractivity contribution in [2.24, 2.45) is 11.8 Å². The first-order chi connectivity index (χ1) is 8.70. The Morgan fingerprint density at radius 3 is 2.61 bits per heavy atom. The van der Waals surface area contributed by atoms with E-state index in [1.165, 1.54) is 32.5 Å². The predicted molar refractivity (Wildman–Crippen MR) is 72.5 cm³/mol. The summed E-state index contributed by atoms with van der Waals surface area (Å²) in [5.41, 5.74) is 0. The lowest BCUT2D eigenvalue weighted by Crippen LogP contribution is -2.57. The minimum absolute atomic E-state index is 0.352. The van der Waals surface area contributed by atoms with Crippen molar-refractivity contribution in [2.75, 3.05) is 26.2 Å². The normalized spacial score (nSPS) is 43.1. The maximum absolute atomic E-state index is 11.3. The molecule has 0 N–H and O–H groups in total. The molecule has 18 heavy (non-hydrogen) atoms. The van der Waals surface area contributed by atoms with Gasteiger partial charge in [0.25, 0.3) is 0 Å². The molecule has 0 aliphatic carbocycles. The Kier molecular flexibility index (Phi) is 3.46. The zero-order valence-electron chi connectivity index (χ0n) is 11.8. The van der Waals surface area contributed by atoms with Gasteiger partial charge in [0.2, 0.25) is 0 Å². The molecule has 3 heteroatoms. The van der Waals surface area contributed by atoms with Crippen LogP contribution in [0.3, 0.4) is 0 Å². The second-order valence-corrected chi connectivity index (χ2v) is 6.42.